The number of fused-ring (bicyclic) bond motifs is 1. The number of hydrogen-bond acceptors (Lipinski definition) is 5. The first kappa shape index (κ1) is 30.4. The highest BCUT2D eigenvalue weighted by molar-refractivity contribution is 6.33. The number of hydrogen-bond donors (Lipinski definition) is 2. The van der Waals surface area contributed by atoms with Crippen LogP contribution in [0.4, 0.5) is 0 Å². The molecular formula is C33H41ClN6O. The lowest BCUT2D eigenvalue weighted by atomic mass is 9.86. The molecule has 3 heterocycles. The minimum Gasteiger partial charge on any atom is -0.348 e. The van der Waals surface area contributed by atoms with Crippen molar-refractivity contribution in [1.82, 2.24) is 25.2 Å². The maximum Gasteiger partial charge on any atom is 0.253 e. The second-order valence-corrected chi connectivity index (χ2v) is 10.8. The number of aromatic amines is 1. The van der Waals surface area contributed by atoms with Crippen molar-refractivity contribution in [2.75, 3.05) is 0 Å². The molecule has 1 aromatic carbocycles. The number of aromatic nitrogens is 3. The zero-order chi connectivity index (χ0) is 29.4. The molecule has 1 fully saturated rings. The van der Waals surface area contributed by atoms with Crippen LogP contribution in [0.25, 0.3) is 0 Å². The minimum absolute atomic E-state index is 0.197. The molecule has 0 spiro atoms. The predicted octanol–water partition coefficient (Wildman–Crippen LogP) is 7.18. The van der Waals surface area contributed by atoms with Gasteiger partial charge in [-0.15, -0.1) is 0 Å². The van der Waals surface area contributed by atoms with E-state index in [1.54, 1.807) is 6.20 Å². The van der Waals surface area contributed by atoms with Crippen LogP contribution in [0.1, 0.15) is 83.8 Å². The number of allylic oxidation sites excluding steroid dienone is 2. The van der Waals surface area contributed by atoms with Gasteiger partial charge in [-0.2, -0.15) is 0 Å². The molecule has 1 amide bonds. The lowest BCUT2D eigenvalue weighted by molar-refractivity contribution is 0.0950. The van der Waals surface area contributed by atoms with Crippen LogP contribution in [0.5, 0.6) is 0 Å². The van der Waals surface area contributed by atoms with Crippen molar-refractivity contribution in [3.63, 3.8) is 0 Å². The van der Waals surface area contributed by atoms with Gasteiger partial charge in [-0.3, -0.25) is 19.7 Å². The van der Waals surface area contributed by atoms with Gasteiger partial charge in [0.1, 0.15) is 5.82 Å². The number of aliphatic imine (C=N–C) groups is 1. The Balaban J connectivity index is 0.00000189. The van der Waals surface area contributed by atoms with Crippen molar-refractivity contribution in [3.8, 4) is 0 Å². The lowest BCUT2D eigenvalue weighted by Gasteiger charge is -2.36. The van der Waals surface area contributed by atoms with Gasteiger partial charge in [-0.05, 0) is 68.7 Å². The van der Waals surface area contributed by atoms with Crippen LogP contribution in [-0.4, -0.2) is 37.5 Å². The van der Waals surface area contributed by atoms with Gasteiger partial charge in [-0.1, -0.05) is 61.9 Å². The molecule has 1 saturated carbocycles. The van der Waals surface area contributed by atoms with Crippen LogP contribution in [0.3, 0.4) is 0 Å². The highest BCUT2D eigenvalue weighted by Gasteiger charge is 2.30. The van der Waals surface area contributed by atoms with Crippen molar-refractivity contribution in [3.05, 3.63) is 105 Å². The number of halogens is 1. The number of rotatable bonds is 8. The SMILES string of the molecule is CC.Cc1nc(CN(Cc2cccc(CNC(=O)c3c(C)cncc3Cl)c2)C2CCCC3=CCC=CN=C32)c(C)[nH]1. The van der Waals surface area contributed by atoms with E-state index in [-0.39, 0.29) is 11.9 Å². The zero-order valence-electron chi connectivity index (χ0n) is 24.8. The highest BCUT2D eigenvalue weighted by Crippen LogP contribution is 2.30. The normalized spacial score (nSPS) is 16.2. The third-order valence-corrected chi connectivity index (χ3v) is 7.72. The van der Waals surface area contributed by atoms with E-state index in [1.165, 1.54) is 23.0 Å². The zero-order valence-corrected chi connectivity index (χ0v) is 25.6. The van der Waals surface area contributed by atoms with Crippen LogP contribution in [0, 0.1) is 20.8 Å². The number of carbonyl (C=O) groups excluding carboxylic acids is 1. The van der Waals surface area contributed by atoms with E-state index < -0.39 is 0 Å². The van der Waals surface area contributed by atoms with Gasteiger partial charge in [0.15, 0.2) is 0 Å². The summed E-state index contributed by atoms with van der Waals surface area (Å²) in [5.41, 5.74) is 8.18. The molecule has 0 radical (unpaired) electrons. The first-order valence-electron chi connectivity index (χ1n) is 14.5. The Hall–Kier alpha value is -3.55. The summed E-state index contributed by atoms with van der Waals surface area (Å²) in [6, 6.07) is 8.63. The Morgan fingerprint density at radius 3 is 2.71 bits per heavy atom. The molecular weight excluding hydrogens is 532 g/mol. The Morgan fingerprint density at radius 1 is 1.15 bits per heavy atom. The second kappa shape index (κ2) is 14.4. The monoisotopic (exact) mass is 572 g/mol. The largest absolute Gasteiger partial charge is 0.348 e. The third kappa shape index (κ3) is 7.60. The highest BCUT2D eigenvalue weighted by atomic mass is 35.5. The van der Waals surface area contributed by atoms with Gasteiger partial charge in [0.2, 0.25) is 0 Å². The van der Waals surface area contributed by atoms with Crippen molar-refractivity contribution >= 4 is 23.2 Å². The van der Waals surface area contributed by atoms with E-state index in [4.69, 9.17) is 21.6 Å². The van der Waals surface area contributed by atoms with Crippen molar-refractivity contribution in [2.45, 2.75) is 86.0 Å². The van der Waals surface area contributed by atoms with E-state index in [1.807, 2.05) is 40.0 Å². The van der Waals surface area contributed by atoms with E-state index >= 15 is 0 Å². The first-order valence-corrected chi connectivity index (χ1v) is 14.9. The number of nitrogens with one attached hydrogen (secondary N) is 2. The molecule has 216 valence electrons. The second-order valence-electron chi connectivity index (χ2n) is 10.4. The van der Waals surface area contributed by atoms with Crippen molar-refractivity contribution < 1.29 is 4.79 Å². The van der Waals surface area contributed by atoms with Gasteiger partial charge in [0.05, 0.1) is 28.0 Å². The summed E-state index contributed by atoms with van der Waals surface area (Å²) in [5.74, 6) is 0.737. The van der Waals surface area contributed by atoms with E-state index in [2.05, 4.69) is 57.5 Å². The summed E-state index contributed by atoms with van der Waals surface area (Å²) >= 11 is 6.25. The predicted molar refractivity (Wildman–Crippen MR) is 167 cm³/mol. The fourth-order valence-corrected chi connectivity index (χ4v) is 5.83. The maximum absolute atomic E-state index is 12.9. The van der Waals surface area contributed by atoms with Gasteiger partial charge < -0.3 is 10.3 Å². The van der Waals surface area contributed by atoms with Crippen LogP contribution in [0.15, 0.2) is 65.6 Å². The van der Waals surface area contributed by atoms with Crippen LogP contribution < -0.4 is 5.32 Å². The van der Waals surface area contributed by atoms with Crippen molar-refractivity contribution in [1.29, 1.82) is 0 Å². The van der Waals surface area contributed by atoms with Gasteiger partial charge in [0.25, 0.3) is 5.91 Å². The molecule has 2 N–H and O–H groups in total. The molecule has 1 unspecified atom stereocenters. The minimum atomic E-state index is -0.197. The van der Waals surface area contributed by atoms with Gasteiger partial charge in [0, 0.05) is 43.9 Å². The summed E-state index contributed by atoms with van der Waals surface area (Å²) in [7, 11) is 0. The fourth-order valence-electron chi connectivity index (χ4n) is 5.54. The number of nitrogens with zero attached hydrogens (tertiary/aromatic N) is 4. The summed E-state index contributed by atoms with van der Waals surface area (Å²) in [4.78, 5) is 32.5. The summed E-state index contributed by atoms with van der Waals surface area (Å²) in [6.45, 7) is 11.8. The molecule has 1 aliphatic heterocycles. The quantitative estimate of drug-likeness (QED) is 0.299. The number of amides is 1. The smallest absolute Gasteiger partial charge is 0.253 e. The molecule has 1 aliphatic carbocycles. The number of pyridine rings is 1. The average Bonchev–Trinajstić information content (AvgIpc) is 3.13. The third-order valence-electron chi connectivity index (χ3n) is 7.43. The van der Waals surface area contributed by atoms with E-state index in [0.717, 1.165) is 67.1 Å². The number of aryl methyl sites for hydroxylation is 3. The molecule has 7 nitrogen and oxygen atoms in total. The molecule has 2 aromatic heterocycles. The summed E-state index contributed by atoms with van der Waals surface area (Å²) < 4.78 is 0. The van der Waals surface area contributed by atoms with Crippen molar-refractivity contribution in [2.24, 2.45) is 4.99 Å². The van der Waals surface area contributed by atoms with Crippen LogP contribution in [0.2, 0.25) is 5.02 Å². The lowest BCUT2D eigenvalue weighted by Crippen LogP contribution is -2.43. The molecule has 8 heteroatoms. The number of benzene rings is 1. The van der Waals surface area contributed by atoms with E-state index in [9.17, 15) is 4.79 Å². The Kier molecular flexibility index (Phi) is 10.7. The first-order chi connectivity index (χ1) is 19.9. The average molecular weight is 573 g/mol. The Labute approximate surface area is 248 Å². The van der Waals surface area contributed by atoms with Crippen LogP contribution in [-0.2, 0) is 19.6 Å². The standard InChI is InChI=1S/C31H35ClN6O.C2H6/c1-20-15-33-17-26(32)29(20)31(39)35-16-23-8-6-9-24(14-23)18-38(19-27-21(2)36-22(3)37-27)28-12-7-11-25-10-4-5-13-34-30(25)28;1-2/h5-6,8-10,13-15,17,28H,4,7,11-12,16,18-19H2,1-3H3,(H,35,39)(H,36,37);1-2H3. The molecule has 5 rings (SSSR count). The molecule has 2 aliphatic rings. The number of imidazole rings is 1. The number of H-pyrrole nitrogens is 1. The van der Waals surface area contributed by atoms with Gasteiger partial charge >= 0.3 is 0 Å². The van der Waals surface area contributed by atoms with Crippen LogP contribution >= 0.6 is 11.6 Å². The van der Waals surface area contributed by atoms with E-state index in [0.29, 0.717) is 17.1 Å². The van der Waals surface area contributed by atoms with Gasteiger partial charge in [-0.25, -0.2) is 4.98 Å². The Morgan fingerprint density at radius 2 is 1.95 bits per heavy atom. The molecule has 0 saturated heterocycles. The number of carbonyl (C=O) groups is 1. The topological polar surface area (TPSA) is 86.3 Å². The molecule has 41 heavy (non-hydrogen) atoms. The summed E-state index contributed by atoms with van der Waals surface area (Å²) in [5, 5.41) is 3.38. The fraction of sp³-hybridized carbons (Fsp3) is 0.394. The Bertz CT molecular complexity index is 1430. The molecule has 0 bridgehead atoms. The summed E-state index contributed by atoms with van der Waals surface area (Å²) in [6.07, 6.45) is 13.8. The molecule has 1 atom stereocenters. The molecule has 3 aromatic rings. The maximum atomic E-state index is 12.9.